The summed E-state index contributed by atoms with van der Waals surface area (Å²) in [5, 5.41) is 11.7. The van der Waals surface area contributed by atoms with E-state index in [-0.39, 0.29) is 0 Å². The van der Waals surface area contributed by atoms with Crippen molar-refractivity contribution in [3.05, 3.63) is 129 Å². The van der Waals surface area contributed by atoms with Crippen LogP contribution in [-0.4, -0.2) is 11.2 Å². The van der Waals surface area contributed by atoms with Crippen LogP contribution in [-0.2, 0) is 5.54 Å². The summed E-state index contributed by atoms with van der Waals surface area (Å²) in [5.41, 5.74) is 3.44. The first kappa shape index (κ1) is 19.3. The molecule has 2 N–H and O–H groups in total. The Bertz CT molecular complexity index is 1000. The molecule has 0 radical (unpaired) electrons. The molecule has 1 heterocycles. The van der Waals surface area contributed by atoms with Crippen molar-refractivity contribution in [2.45, 2.75) is 5.54 Å². The van der Waals surface area contributed by atoms with Gasteiger partial charge in [-0.25, -0.2) is 4.98 Å². The van der Waals surface area contributed by atoms with Gasteiger partial charge in [-0.3, -0.25) is 0 Å². The average molecular weight is 489 g/mol. The number of hydrogen-bond acceptors (Lipinski definition) is 3. The molecule has 29 heavy (non-hydrogen) atoms. The summed E-state index contributed by atoms with van der Waals surface area (Å²) >= 11 is 2.25. The molecule has 0 fully saturated rings. The highest BCUT2D eigenvalue weighted by Crippen LogP contribution is 2.40. The molecule has 0 saturated heterocycles. The van der Waals surface area contributed by atoms with Gasteiger partial charge in [0.05, 0.1) is 0 Å². The fraction of sp³-hybridized carbons (Fsp3) is 0.0400. The van der Waals surface area contributed by atoms with Gasteiger partial charge < -0.3 is 10.7 Å². The zero-order chi connectivity index (χ0) is 20.1. The Morgan fingerprint density at radius 3 is 1.59 bits per heavy atom. The smallest absolute Gasteiger partial charge is 0.137 e. The molecule has 3 aromatic carbocycles. The number of anilines is 1. The van der Waals surface area contributed by atoms with Crippen molar-refractivity contribution in [1.29, 1.82) is 5.41 Å². The van der Waals surface area contributed by atoms with E-state index in [4.69, 9.17) is 5.41 Å². The second kappa shape index (κ2) is 8.57. The molecule has 142 valence electrons. The van der Waals surface area contributed by atoms with Gasteiger partial charge in [-0.2, -0.15) is 0 Å². The Morgan fingerprint density at radius 2 is 1.17 bits per heavy atom. The van der Waals surface area contributed by atoms with Gasteiger partial charge in [-0.05, 0) is 45.3 Å². The van der Waals surface area contributed by atoms with E-state index in [1.807, 2.05) is 24.3 Å². The molecular formula is C25H20IN3. The molecule has 0 unspecified atom stereocenters. The lowest BCUT2D eigenvalue weighted by molar-refractivity contribution is 0.706. The van der Waals surface area contributed by atoms with Crippen LogP contribution in [0.3, 0.4) is 0 Å². The molecular weight excluding hydrogens is 469 g/mol. The van der Waals surface area contributed by atoms with Crippen LogP contribution in [0.2, 0.25) is 0 Å². The van der Waals surface area contributed by atoms with Crippen LogP contribution in [0.5, 0.6) is 0 Å². The number of hydrogen-bond donors (Lipinski definition) is 2. The normalized spacial score (nSPS) is 11.1. The van der Waals surface area contributed by atoms with Gasteiger partial charge in [0.2, 0.25) is 0 Å². The molecule has 4 rings (SSSR count). The summed E-state index contributed by atoms with van der Waals surface area (Å²) in [6.45, 7) is 0. The molecule has 1 aromatic heterocycles. The molecule has 0 atom stereocenters. The van der Waals surface area contributed by atoms with E-state index >= 15 is 0 Å². The molecule has 0 bridgehead atoms. The number of pyridine rings is 1. The monoisotopic (exact) mass is 489 g/mol. The van der Waals surface area contributed by atoms with E-state index < -0.39 is 5.54 Å². The van der Waals surface area contributed by atoms with Crippen LogP contribution < -0.4 is 5.32 Å². The SMILES string of the molecule is N=Cc1c(I)ccnc1NC(c1ccccc1)(c1ccccc1)c1ccccc1. The highest BCUT2D eigenvalue weighted by molar-refractivity contribution is 14.1. The maximum atomic E-state index is 7.94. The number of nitrogens with zero attached hydrogens (tertiary/aromatic N) is 1. The van der Waals surface area contributed by atoms with E-state index in [1.165, 1.54) is 6.21 Å². The van der Waals surface area contributed by atoms with Crippen molar-refractivity contribution in [2.24, 2.45) is 0 Å². The third-order valence-corrected chi connectivity index (χ3v) is 5.95. The molecule has 0 aliphatic rings. The van der Waals surface area contributed by atoms with Crippen LogP contribution >= 0.6 is 22.6 Å². The molecule has 0 saturated carbocycles. The Hall–Kier alpha value is -2.99. The molecule has 0 aliphatic carbocycles. The van der Waals surface area contributed by atoms with Gasteiger partial charge in [-0.15, -0.1) is 0 Å². The van der Waals surface area contributed by atoms with Crippen molar-refractivity contribution in [1.82, 2.24) is 4.98 Å². The van der Waals surface area contributed by atoms with Crippen LogP contribution in [0.25, 0.3) is 0 Å². The fourth-order valence-electron chi connectivity index (χ4n) is 3.65. The van der Waals surface area contributed by atoms with E-state index in [0.717, 1.165) is 25.8 Å². The summed E-state index contributed by atoms with van der Waals surface area (Å²) in [5.74, 6) is 0.684. The summed E-state index contributed by atoms with van der Waals surface area (Å²) in [6.07, 6.45) is 3.14. The van der Waals surface area contributed by atoms with Crippen molar-refractivity contribution in [2.75, 3.05) is 5.32 Å². The van der Waals surface area contributed by atoms with Crippen molar-refractivity contribution < 1.29 is 0 Å². The first-order valence-electron chi connectivity index (χ1n) is 9.35. The maximum absolute atomic E-state index is 7.94. The Labute approximate surface area is 184 Å². The lowest BCUT2D eigenvalue weighted by Gasteiger charge is -2.37. The minimum Gasteiger partial charge on any atom is -0.352 e. The molecule has 3 nitrogen and oxygen atoms in total. The lowest BCUT2D eigenvalue weighted by Crippen LogP contribution is -2.38. The van der Waals surface area contributed by atoms with E-state index in [9.17, 15) is 0 Å². The third-order valence-electron chi connectivity index (χ3n) is 5.01. The first-order valence-corrected chi connectivity index (χ1v) is 10.4. The Balaban J connectivity index is 2.04. The number of halogens is 1. The summed E-state index contributed by atoms with van der Waals surface area (Å²) in [4.78, 5) is 4.60. The van der Waals surface area contributed by atoms with E-state index in [1.54, 1.807) is 6.20 Å². The highest BCUT2D eigenvalue weighted by atomic mass is 127. The van der Waals surface area contributed by atoms with Crippen LogP contribution in [0.4, 0.5) is 5.82 Å². The molecule has 0 amide bonds. The molecule has 0 aliphatic heterocycles. The number of aromatic nitrogens is 1. The standard InChI is InChI=1S/C25H20IN3/c26-23-16-17-28-24(22(23)18-27)29-25(19-10-4-1-5-11-19,20-12-6-2-7-13-20)21-14-8-3-9-15-21/h1-18,27H,(H,28,29). The topological polar surface area (TPSA) is 48.8 Å². The van der Waals surface area contributed by atoms with Gasteiger partial charge in [0.1, 0.15) is 11.4 Å². The molecule has 0 spiro atoms. The van der Waals surface area contributed by atoms with E-state index in [2.05, 4.69) is 106 Å². The predicted molar refractivity (Wildman–Crippen MR) is 128 cm³/mol. The Kier molecular flexibility index (Phi) is 5.71. The fourth-order valence-corrected chi connectivity index (χ4v) is 4.22. The Morgan fingerprint density at radius 1 is 0.724 bits per heavy atom. The molecule has 4 aromatic rings. The number of rotatable bonds is 6. The first-order chi connectivity index (χ1) is 14.3. The summed E-state index contributed by atoms with van der Waals surface area (Å²) in [7, 11) is 0. The zero-order valence-corrected chi connectivity index (χ0v) is 17.9. The molecule has 4 heteroatoms. The summed E-state index contributed by atoms with van der Waals surface area (Å²) in [6, 6.07) is 33.1. The second-order valence-corrected chi connectivity index (χ2v) is 7.83. The minimum atomic E-state index is -0.654. The zero-order valence-electron chi connectivity index (χ0n) is 15.7. The number of benzene rings is 3. The lowest BCUT2D eigenvalue weighted by atomic mass is 9.77. The predicted octanol–water partition coefficient (Wildman–Crippen LogP) is 6.09. The quantitative estimate of drug-likeness (QED) is 0.196. The second-order valence-electron chi connectivity index (χ2n) is 6.67. The maximum Gasteiger partial charge on any atom is 0.137 e. The van der Waals surface area contributed by atoms with Crippen LogP contribution in [0, 0.1) is 8.98 Å². The van der Waals surface area contributed by atoms with Crippen LogP contribution in [0.1, 0.15) is 22.3 Å². The van der Waals surface area contributed by atoms with Crippen molar-refractivity contribution in [3.63, 3.8) is 0 Å². The number of nitrogens with one attached hydrogen (secondary N) is 2. The highest BCUT2D eigenvalue weighted by Gasteiger charge is 2.37. The van der Waals surface area contributed by atoms with E-state index in [0.29, 0.717) is 5.82 Å². The van der Waals surface area contributed by atoms with Crippen LogP contribution in [0.15, 0.2) is 103 Å². The van der Waals surface area contributed by atoms with Gasteiger partial charge in [0.25, 0.3) is 0 Å². The van der Waals surface area contributed by atoms with Crippen molar-refractivity contribution >= 4 is 34.6 Å². The third kappa shape index (κ3) is 3.68. The van der Waals surface area contributed by atoms with Gasteiger partial charge in [0.15, 0.2) is 0 Å². The van der Waals surface area contributed by atoms with Gasteiger partial charge >= 0.3 is 0 Å². The summed E-state index contributed by atoms with van der Waals surface area (Å²) < 4.78 is 0.984. The largest absolute Gasteiger partial charge is 0.352 e. The van der Waals surface area contributed by atoms with Gasteiger partial charge in [0, 0.05) is 21.5 Å². The minimum absolute atomic E-state index is 0.654. The van der Waals surface area contributed by atoms with Gasteiger partial charge in [-0.1, -0.05) is 91.0 Å². The van der Waals surface area contributed by atoms with Crippen molar-refractivity contribution in [3.8, 4) is 0 Å². The average Bonchev–Trinajstić information content (AvgIpc) is 2.79.